The van der Waals surface area contributed by atoms with Gasteiger partial charge in [0, 0.05) is 26.2 Å². The van der Waals surface area contributed by atoms with E-state index in [1.54, 1.807) is 0 Å². The van der Waals surface area contributed by atoms with E-state index in [2.05, 4.69) is 31.0 Å². The number of piperazine rings is 1. The van der Waals surface area contributed by atoms with Crippen molar-refractivity contribution < 1.29 is 14.4 Å². The summed E-state index contributed by atoms with van der Waals surface area (Å²) in [7, 11) is 0. The molecule has 0 unspecified atom stereocenters. The van der Waals surface area contributed by atoms with E-state index in [0.717, 1.165) is 11.3 Å². The quantitative estimate of drug-likeness (QED) is 0.766. The van der Waals surface area contributed by atoms with Crippen LogP contribution in [0.15, 0.2) is 17.5 Å². The number of thiophene rings is 1. The molecule has 0 aromatic carbocycles. The van der Waals surface area contributed by atoms with E-state index in [0.29, 0.717) is 51.6 Å². The molecule has 1 spiro atoms. The van der Waals surface area contributed by atoms with Crippen LogP contribution >= 0.6 is 11.3 Å². The second-order valence-electron chi connectivity index (χ2n) is 9.63. The molecule has 1 aromatic rings. The Morgan fingerprint density at radius 1 is 1.21 bits per heavy atom. The van der Waals surface area contributed by atoms with Crippen LogP contribution in [-0.4, -0.2) is 70.9 Å². The van der Waals surface area contributed by atoms with Crippen LogP contribution in [0.25, 0.3) is 0 Å². The Labute approximate surface area is 176 Å². The van der Waals surface area contributed by atoms with E-state index >= 15 is 0 Å². The summed E-state index contributed by atoms with van der Waals surface area (Å²) in [5.41, 5.74) is -0.723. The molecule has 1 N–H and O–H groups in total. The minimum Gasteiger partial charge on any atom is -0.335 e. The predicted molar refractivity (Wildman–Crippen MR) is 112 cm³/mol. The van der Waals surface area contributed by atoms with Gasteiger partial charge in [-0.1, -0.05) is 26.8 Å². The lowest BCUT2D eigenvalue weighted by molar-refractivity contribution is -0.136. The van der Waals surface area contributed by atoms with Crippen LogP contribution in [0, 0.1) is 11.3 Å². The predicted octanol–water partition coefficient (Wildman–Crippen LogP) is 2.60. The van der Waals surface area contributed by atoms with Crippen molar-refractivity contribution in [1.82, 2.24) is 20.0 Å². The fraction of sp³-hybridized carbons (Fsp3) is 0.667. The molecule has 4 amide bonds. The molecule has 4 rings (SSSR count). The normalized spacial score (nSPS) is 30.1. The molecular weight excluding hydrogens is 388 g/mol. The van der Waals surface area contributed by atoms with Crippen LogP contribution < -0.4 is 5.32 Å². The van der Waals surface area contributed by atoms with Crippen molar-refractivity contribution in [3.63, 3.8) is 0 Å². The lowest BCUT2D eigenvalue weighted by Gasteiger charge is -2.44. The lowest BCUT2D eigenvalue weighted by Crippen LogP contribution is -2.55. The van der Waals surface area contributed by atoms with Gasteiger partial charge in [0.15, 0.2) is 0 Å². The largest absolute Gasteiger partial charge is 0.335 e. The summed E-state index contributed by atoms with van der Waals surface area (Å²) in [6, 6.07) is 3.45. The van der Waals surface area contributed by atoms with E-state index < -0.39 is 5.54 Å². The highest BCUT2D eigenvalue weighted by Crippen LogP contribution is 2.46. The number of amides is 4. The highest BCUT2D eigenvalue weighted by molar-refractivity contribution is 7.12. The topological polar surface area (TPSA) is 73.0 Å². The number of rotatable bonds is 3. The van der Waals surface area contributed by atoms with Crippen LogP contribution in [0.3, 0.4) is 0 Å². The van der Waals surface area contributed by atoms with Crippen LogP contribution in [0.5, 0.6) is 0 Å². The van der Waals surface area contributed by atoms with Crippen molar-refractivity contribution in [1.29, 1.82) is 0 Å². The van der Waals surface area contributed by atoms with Gasteiger partial charge in [0.1, 0.15) is 5.54 Å². The Morgan fingerprint density at radius 3 is 2.55 bits per heavy atom. The zero-order valence-corrected chi connectivity index (χ0v) is 18.3. The number of urea groups is 1. The average molecular weight is 419 g/mol. The molecule has 2 atom stereocenters. The Balaban J connectivity index is 1.37. The first-order valence-corrected chi connectivity index (χ1v) is 11.3. The SMILES string of the molecule is C[C@H]1CC(C)(C)C[C@@]2(C1)NC(=O)N(CN1CCN(C(=O)c3cccs3)CC1)C2=O. The maximum absolute atomic E-state index is 13.3. The molecule has 1 saturated carbocycles. The van der Waals surface area contributed by atoms with E-state index in [1.807, 2.05) is 22.4 Å². The summed E-state index contributed by atoms with van der Waals surface area (Å²) in [6.45, 7) is 9.33. The molecule has 3 aliphatic rings. The van der Waals surface area contributed by atoms with Gasteiger partial charge in [0.05, 0.1) is 11.5 Å². The number of nitrogens with zero attached hydrogens (tertiary/aromatic N) is 3. The van der Waals surface area contributed by atoms with Crippen molar-refractivity contribution >= 4 is 29.2 Å². The molecule has 1 aliphatic carbocycles. The van der Waals surface area contributed by atoms with Gasteiger partial charge in [-0.05, 0) is 42.0 Å². The molecule has 3 fully saturated rings. The number of hydrogen-bond acceptors (Lipinski definition) is 5. The molecule has 8 heteroatoms. The molecule has 1 aromatic heterocycles. The van der Waals surface area contributed by atoms with Gasteiger partial charge in [-0.15, -0.1) is 11.3 Å². The Hall–Kier alpha value is -1.93. The fourth-order valence-corrected chi connectivity index (χ4v) is 6.17. The summed E-state index contributed by atoms with van der Waals surface area (Å²) < 4.78 is 0. The van der Waals surface area contributed by atoms with E-state index in [-0.39, 0.29) is 23.3 Å². The van der Waals surface area contributed by atoms with Gasteiger partial charge in [-0.2, -0.15) is 0 Å². The third-order valence-corrected chi connectivity index (χ3v) is 7.21. The van der Waals surface area contributed by atoms with Crippen molar-refractivity contribution in [2.45, 2.75) is 45.6 Å². The second kappa shape index (κ2) is 7.40. The first kappa shape index (κ1) is 20.3. The molecule has 0 radical (unpaired) electrons. The standard InChI is InChI=1S/C21H30N4O3S/c1-15-11-20(2,3)13-21(12-15)18(27)25(19(28)22-21)14-23-6-8-24(9-7-23)17(26)16-5-4-10-29-16/h4-5,10,15H,6-9,11-14H2,1-3H3,(H,22,28)/t15-,21+/m0/s1. The van der Waals surface area contributed by atoms with Crippen molar-refractivity contribution in [3.05, 3.63) is 22.4 Å². The number of hydrogen-bond donors (Lipinski definition) is 1. The lowest BCUT2D eigenvalue weighted by atomic mass is 9.64. The number of nitrogens with one attached hydrogen (secondary N) is 1. The Kier molecular flexibility index (Phi) is 5.19. The molecular formula is C21H30N4O3S. The highest BCUT2D eigenvalue weighted by atomic mass is 32.1. The summed E-state index contributed by atoms with van der Waals surface area (Å²) in [6.07, 6.45) is 2.47. The van der Waals surface area contributed by atoms with Crippen LogP contribution in [-0.2, 0) is 4.79 Å². The van der Waals surface area contributed by atoms with E-state index in [9.17, 15) is 14.4 Å². The summed E-state index contributed by atoms with van der Waals surface area (Å²) in [5.74, 6) is 0.376. The second-order valence-corrected chi connectivity index (χ2v) is 10.6. The van der Waals surface area contributed by atoms with Gasteiger partial charge in [0.2, 0.25) is 0 Å². The first-order chi connectivity index (χ1) is 13.7. The maximum Gasteiger partial charge on any atom is 0.326 e. The third kappa shape index (κ3) is 3.92. The molecule has 3 heterocycles. The molecule has 7 nitrogen and oxygen atoms in total. The molecule has 2 aliphatic heterocycles. The smallest absolute Gasteiger partial charge is 0.326 e. The number of imide groups is 1. The van der Waals surface area contributed by atoms with Crippen LogP contribution in [0.4, 0.5) is 4.79 Å². The highest BCUT2D eigenvalue weighted by Gasteiger charge is 2.56. The zero-order chi connectivity index (χ0) is 20.8. The summed E-state index contributed by atoms with van der Waals surface area (Å²) in [4.78, 5) is 44.5. The molecule has 2 saturated heterocycles. The first-order valence-electron chi connectivity index (χ1n) is 10.4. The molecule has 0 bridgehead atoms. The number of carbonyl (C=O) groups excluding carboxylic acids is 3. The van der Waals surface area contributed by atoms with Gasteiger partial charge in [-0.25, -0.2) is 9.69 Å². The van der Waals surface area contributed by atoms with Gasteiger partial charge >= 0.3 is 6.03 Å². The molecule has 158 valence electrons. The Bertz CT molecular complexity index is 801. The van der Waals surface area contributed by atoms with Crippen molar-refractivity contribution in [3.8, 4) is 0 Å². The van der Waals surface area contributed by atoms with Crippen molar-refractivity contribution in [2.75, 3.05) is 32.8 Å². The summed E-state index contributed by atoms with van der Waals surface area (Å²) >= 11 is 1.45. The van der Waals surface area contributed by atoms with Gasteiger partial charge in [0.25, 0.3) is 11.8 Å². The Morgan fingerprint density at radius 2 is 1.93 bits per heavy atom. The van der Waals surface area contributed by atoms with E-state index in [4.69, 9.17) is 0 Å². The number of carbonyl (C=O) groups is 3. The fourth-order valence-electron chi connectivity index (χ4n) is 5.48. The monoisotopic (exact) mass is 418 g/mol. The average Bonchev–Trinajstić information content (AvgIpc) is 3.24. The van der Waals surface area contributed by atoms with E-state index in [1.165, 1.54) is 16.2 Å². The third-order valence-electron chi connectivity index (χ3n) is 6.36. The zero-order valence-electron chi connectivity index (χ0n) is 17.4. The minimum atomic E-state index is -0.755. The van der Waals surface area contributed by atoms with Gasteiger partial charge in [-0.3, -0.25) is 14.5 Å². The van der Waals surface area contributed by atoms with Crippen LogP contribution in [0.1, 0.15) is 49.7 Å². The molecule has 29 heavy (non-hydrogen) atoms. The maximum atomic E-state index is 13.3. The minimum absolute atomic E-state index is 0.0321. The summed E-state index contributed by atoms with van der Waals surface area (Å²) in [5, 5.41) is 4.94. The van der Waals surface area contributed by atoms with Crippen molar-refractivity contribution in [2.24, 2.45) is 11.3 Å². The van der Waals surface area contributed by atoms with Gasteiger partial charge < -0.3 is 10.2 Å². The van der Waals surface area contributed by atoms with Crippen LogP contribution in [0.2, 0.25) is 0 Å².